The normalized spacial score (nSPS) is 25.9. The summed E-state index contributed by atoms with van der Waals surface area (Å²) < 4.78 is 13.3. The quantitative estimate of drug-likeness (QED) is 0.509. The smallest absolute Gasteiger partial charge is 0.273 e. The standard InChI is InChI=1S/C24H20ClFN2O4/c25-17-7-3-14(4-8-17)22(30)27(12-19(29)13-5-9-18(26)10-6-13)28-23(31)20-15-1-2-16(11-15)21(20)24(28)32/h3-10,15-16,20-21H,1-2,11-12H2/t15-,16-,20+,21+/m0/s1. The summed E-state index contributed by atoms with van der Waals surface area (Å²) in [7, 11) is 0. The molecular weight excluding hydrogens is 435 g/mol. The molecule has 0 N–H and O–H groups in total. The minimum absolute atomic E-state index is 0.145. The molecule has 2 aromatic carbocycles. The van der Waals surface area contributed by atoms with Crippen molar-refractivity contribution < 1.29 is 23.6 Å². The minimum atomic E-state index is -0.647. The number of ketones is 1. The Morgan fingerprint density at radius 3 is 2.00 bits per heavy atom. The number of rotatable bonds is 5. The van der Waals surface area contributed by atoms with Gasteiger partial charge in [-0.15, -0.1) is 0 Å². The summed E-state index contributed by atoms with van der Waals surface area (Å²) in [6, 6.07) is 10.9. The molecule has 0 spiro atoms. The highest BCUT2D eigenvalue weighted by Gasteiger charge is 2.62. The number of hydrogen-bond donors (Lipinski definition) is 0. The molecule has 3 fully saturated rings. The SMILES string of the molecule is O=C(CN(C(=O)c1ccc(Cl)cc1)N1C(=O)[C@@H]2[C@H]3CC[C@@H](C3)[C@H]2C1=O)c1ccc(F)cc1. The second-order valence-electron chi connectivity index (χ2n) is 8.67. The number of benzene rings is 2. The zero-order valence-electron chi connectivity index (χ0n) is 17.0. The predicted octanol–water partition coefficient (Wildman–Crippen LogP) is 3.75. The van der Waals surface area contributed by atoms with Crippen LogP contribution in [0, 0.1) is 29.5 Å². The summed E-state index contributed by atoms with van der Waals surface area (Å²) in [4.78, 5) is 52.9. The van der Waals surface area contributed by atoms with Gasteiger partial charge in [-0.05, 0) is 79.6 Å². The van der Waals surface area contributed by atoms with Gasteiger partial charge in [-0.2, -0.15) is 5.01 Å². The first-order chi connectivity index (χ1) is 15.3. The Bertz CT molecular complexity index is 1090. The topological polar surface area (TPSA) is 74.8 Å². The van der Waals surface area contributed by atoms with Crippen LogP contribution in [-0.4, -0.2) is 40.1 Å². The van der Waals surface area contributed by atoms with Gasteiger partial charge in [-0.1, -0.05) is 11.6 Å². The van der Waals surface area contributed by atoms with Gasteiger partial charge in [0.1, 0.15) is 12.4 Å². The number of hydrazine groups is 1. The van der Waals surface area contributed by atoms with Crippen molar-refractivity contribution in [2.75, 3.05) is 6.54 Å². The van der Waals surface area contributed by atoms with Crippen molar-refractivity contribution in [2.24, 2.45) is 23.7 Å². The van der Waals surface area contributed by atoms with Gasteiger partial charge in [-0.3, -0.25) is 19.2 Å². The Morgan fingerprint density at radius 2 is 1.44 bits per heavy atom. The van der Waals surface area contributed by atoms with E-state index in [0.29, 0.717) is 5.02 Å². The van der Waals surface area contributed by atoms with E-state index in [1.165, 1.54) is 36.4 Å². The minimum Gasteiger partial charge on any atom is -0.292 e. The number of carbonyl (C=O) groups excluding carboxylic acids is 4. The van der Waals surface area contributed by atoms with Gasteiger partial charge >= 0.3 is 0 Å². The van der Waals surface area contributed by atoms with Crippen molar-refractivity contribution >= 4 is 35.1 Å². The molecule has 2 aliphatic carbocycles. The highest BCUT2D eigenvalue weighted by molar-refractivity contribution is 6.30. The van der Waals surface area contributed by atoms with E-state index in [9.17, 15) is 23.6 Å². The number of hydrogen-bond acceptors (Lipinski definition) is 4. The maximum absolute atomic E-state index is 13.4. The molecule has 2 saturated carbocycles. The lowest BCUT2D eigenvalue weighted by molar-refractivity contribution is -0.154. The molecule has 1 aliphatic heterocycles. The molecular formula is C24H20ClFN2O4. The van der Waals surface area contributed by atoms with Crippen LogP contribution in [0.1, 0.15) is 40.0 Å². The third kappa shape index (κ3) is 3.32. The fourth-order valence-corrected chi connectivity index (χ4v) is 5.59. The molecule has 0 aromatic heterocycles. The van der Waals surface area contributed by atoms with Crippen LogP contribution in [0.15, 0.2) is 48.5 Å². The summed E-state index contributed by atoms with van der Waals surface area (Å²) in [5, 5.41) is 2.25. The average Bonchev–Trinajstić information content (AvgIpc) is 3.47. The van der Waals surface area contributed by atoms with Crippen molar-refractivity contribution in [3.63, 3.8) is 0 Å². The molecule has 32 heavy (non-hydrogen) atoms. The van der Waals surface area contributed by atoms with Gasteiger partial charge in [0, 0.05) is 16.1 Å². The van der Waals surface area contributed by atoms with Crippen LogP contribution in [0.3, 0.4) is 0 Å². The van der Waals surface area contributed by atoms with E-state index in [1.807, 2.05) is 0 Å². The Labute approximate surface area is 188 Å². The first kappa shape index (κ1) is 20.8. The van der Waals surface area contributed by atoms with E-state index in [-0.39, 0.29) is 23.0 Å². The molecule has 164 valence electrons. The Balaban J connectivity index is 1.49. The lowest BCUT2D eigenvalue weighted by atomic mass is 9.81. The van der Waals surface area contributed by atoms with Crippen LogP contribution in [0.4, 0.5) is 4.39 Å². The van der Waals surface area contributed by atoms with E-state index in [1.54, 1.807) is 0 Å². The number of nitrogens with zero attached hydrogens (tertiary/aromatic N) is 2. The maximum Gasteiger partial charge on any atom is 0.273 e. The van der Waals surface area contributed by atoms with Gasteiger partial charge < -0.3 is 0 Å². The Kier molecular flexibility index (Phi) is 5.08. The zero-order valence-corrected chi connectivity index (χ0v) is 17.8. The van der Waals surface area contributed by atoms with Crippen molar-refractivity contribution in [2.45, 2.75) is 19.3 Å². The molecule has 8 heteroatoms. The van der Waals surface area contributed by atoms with Crippen molar-refractivity contribution in [1.82, 2.24) is 10.0 Å². The fourth-order valence-electron chi connectivity index (χ4n) is 5.47. The fraction of sp³-hybridized carbons (Fsp3) is 0.333. The van der Waals surface area contributed by atoms with Crippen molar-refractivity contribution in [1.29, 1.82) is 0 Å². The lowest BCUT2D eigenvalue weighted by Crippen LogP contribution is -2.52. The molecule has 2 bridgehead atoms. The Morgan fingerprint density at radius 1 is 0.906 bits per heavy atom. The molecule has 4 atom stereocenters. The average molecular weight is 455 g/mol. The highest BCUT2D eigenvalue weighted by atomic mass is 35.5. The van der Waals surface area contributed by atoms with Gasteiger partial charge in [0.15, 0.2) is 5.78 Å². The molecule has 3 aliphatic rings. The number of halogens is 2. The molecule has 0 radical (unpaired) electrons. The molecule has 2 aromatic rings. The number of imide groups is 1. The van der Waals surface area contributed by atoms with E-state index in [4.69, 9.17) is 11.6 Å². The number of Topliss-reactive ketones (excluding diaryl/α,β-unsaturated/α-hetero) is 1. The first-order valence-corrected chi connectivity index (χ1v) is 11.0. The first-order valence-electron chi connectivity index (χ1n) is 10.6. The van der Waals surface area contributed by atoms with Gasteiger partial charge in [0.05, 0.1) is 11.8 Å². The summed E-state index contributed by atoms with van der Waals surface area (Å²) in [6.07, 6.45) is 2.66. The van der Waals surface area contributed by atoms with Crippen molar-refractivity contribution in [3.8, 4) is 0 Å². The zero-order chi connectivity index (χ0) is 22.6. The summed E-state index contributed by atoms with van der Waals surface area (Å²) in [6.45, 7) is -0.515. The highest BCUT2D eigenvalue weighted by Crippen LogP contribution is 2.56. The molecule has 1 heterocycles. The van der Waals surface area contributed by atoms with Crippen LogP contribution in [0.25, 0.3) is 0 Å². The second kappa shape index (κ2) is 7.81. The molecule has 0 unspecified atom stereocenters. The molecule has 5 rings (SSSR count). The van der Waals surface area contributed by atoms with Crippen LogP contribution in [0.2, 0.25) is 5.02 Å². The largest absolute Gasteiger partial charge is 0.292 e. The van der Waals surface area contributed by atoms with Crippen LogP contribution in [-0.2, 0) is 9.59 Å². The third-order valence-electron chi connectivity index (χ3n) is 6.93. The number of amides is 3. The number of carbonyl (C=O) groups is 4. The van der Waals surface area contributed by atoms with E-state index in [0.717, 1.165) is 41.4 Å². The van der Waals surface area contributed by atoms with E-state index in [2.05, 4.69) is 0 Å². The van der Waals surface area contributed by atoms with Crippen LogP contribution in [0.5, 0.6) is 0 Å². The number of fused-ring (bicyclic) bond motifs is 5. The van der Waals surface area contributed by atoms with Crippen LogP contribution >= 0.6 is 11.6 Å². The van der Waals surface area contributed by atoms with Crippen molar-refractivity contribution in [3.05, 3.63) is 70.5 Å². The summed E-state index contributed by atoms with van der Waals surface area (Å²) >= 11 is 5.92. The third-order valence-corrected chi connectivity index (χ3v) is 7.18. The molecule has 1 saturated heterocycles. The van der Waals surface area contributed by atoms with Crippen LogP contribution < -0.4 is 0 Å². The van der Waals surface area contributed by atoms with Gasteiger partial charge in [-0.25, -0.2) is 9.40 Å². The summed E-state index contributed by atoms with van der Waals surface area (Å²) in [5.74, 6) is -3.05. The monoisotopic (exact) mass is 454 g/mol. The van der Waals surface area contributed by atoms with Gasteiger partial charge in [0.25, 0.3) is 17.7 Å². The maximum atomic E-state index is 13.4. The lowest BCUT2D eigenvalue weighted by Gasteiger charge is -2.30. The van der Waals surface area contributed by atoms with Gasteiger partial charge in [0.2, 0.25) is 0 Å². The Hall–Kier alpha value is -3.06. The molecule has 6 nitrogen and oxygen atoms in total. The van der Waals surface area contributed by atoms with E-state index < -0.39 is 47.7 Å². The molecule has 3 amide bonds. The predicted molar refractivity (Wildman–Crippen MR) is 113 cm³/mol. The van der Waals surface area contributed by atoms with E-state index >= 15 is 0 Å². The second-order valence-corrected chi connectivity index (χ2v) is 9.11. The summed E-state index contributed by atoms with van der Waals surface area (Å²) in [5.41, 5.74) is 0.376.